The molecule has 1 aliphatic rings. The number of aliphatic hydroxyl groups excluding tert-OH is 1. The number of rotatable bonds is 5. The van der Waals surface area contributed by atoms with Gasteiger partial charge in [-0.15, -0.1) is 0 Å². The lowest BCUT2D eigenvalue weighted by Crippen LogP contribution is -2.35. The van der Waals surface area contributed by atoms with E-state index in [4.69, 9.17) is 0 Å². The Morgan fingerprint density at radius 3 is 2.43 bits per heavy atom. The van der Waals surface area contributed by atoms with E-state index in [9.17, 15) is 5.11 Å². The molecule has 0 bridgehead atoms. The van der Waals surface area contributed by atoms with E-state index >= 15 is 0 Å². The standard InChI is InChI=1S/C26H29NO/c1-20-9-5-6-13-23(20)17-24-18-27(16-15-21-10-7-8-14-25(21)24)26(19-28)22-11-3-2-4-12-22/h2-14,24,26,28H,15-19H2,1H3/t24-,26-/m1/s1. The predicted molar refractivity (Wildman–Crippen MR) is 116 cm³/mol. The quantitative estimate of drug-likeness (QED) is 0.689. The van der Waals surface area contributed by atoms with Crippen LogP contribution in [0.15, 0.2) is 78.9 Å². The Bertz CT molecular complexity index is 905. The number of aryl methyl sites for hydroxylation is 1. The second-order valence-corrected chi connectivity index (χ2v) is 7.88. The molecule has 2 heteroatoms. The molecule has 0 radical (unpaired) electrons. The average Bonchev–Trinajstić information content (AvgIpc) is 2.91. The number of nitrogens with zero attached hydrogens (tertiary/aromatic N) is 1. The van der Waals surface area contributed by atoms with Crippen molar-refractivity contribution in [1.82, 2.24) is 4.90 Å². The van der Waals surface area contributed by atoms with Gasteiger partial charge >= 0.3 is 0 Å². The minimum absolute atomic E-state index is 0.0508. The van der Waals surface area contributed by atoms with E-state index in [1.54, 1.807) is 0 Å². The van der Waals surface area contributed by atoms with Gasteiger partial charge in [0, 0.05) is 19.0 Å². The summed E-state index contributed by atoms with van der Waals surface area (Å²) in [6, 6.07) is 28.1. The number of benzene rings is 3. The first kappa shape index (κ1) is 18.9. The molecule has 1 heterocycles. The zero-order chi connectivity index (χ0) is 19.3. The molecule has 0 unspecified atom stereocenters. The highest BCUT2D eigenvalue weighted by molar-refractivity contribution is 5.36. The van der Waals surface area contributed by atoms with E-state index in [-0.39, 0.29) is 12.6 Å². The molecule has 0 spiro atoms. The second kappa shape index (κ2) is 8.72. The van der Waals surface area contributed by atoms with Crippen molar-refractivity contribution in [3.05, 3.63) is 107 Å². The molecular formula is C26H29NO. The van der Waals surface area contributed by atoms with Crippen LogP contribution in [0.3, 0.4) is 0 Å². The maximum atomic E-state index is 10.2. The van der Waals surface area contributed by atoms with E-state index in [2.05, 4.69) is 84.6 Å². The van der Waals surface area contributed by atoms with E-state index in [1.165, 1.54) is 27.8 Å². The van der Waals surface area contributed by atoms with Crippen LogP contribution in [0.4, 0.5) is 0 Å². The second-order valence-electron chi connectivity index (χ2n) is 7.88. The summed E-state index contributed by atoms with van der Waals surface area (Å²) < 4.78 is 0. The number of fused-ring (bicyclic) bond motifs is 1. The molecule has 1 aliphatic heterocycles. The van der Waals surface area contributed by atoms with Crippen molar-refractivity contribution < 1.29 is 5.11 Å². The van der Waals surface area contributed by atoms with Gasteiger partial charge in [-0.05, 0) is 47.6 Å². The van der Waals surface area contributed by atoms with Crippen LogP contribution >= 0.6 is 0 Å². The third-order valence-electron chi connectivity index (χ3n) is 6.14. The minimum Gasteiger partial charge on any atom is -0.394 e. The van der Waals surface area contributed by atoms with Gasteiger partial charge in [0.05, 0.1) is 12.6 Å². The number of hydrogen-bond donors (Lipinski definition) is 1. The van der Waals surface area contributed by atoms with Gasteiger partial charge in [-0.25, -0.2) is 0 Å². The molecule has 3 aromatic rings. The van der Waals surface area contributed by atoms with E-state index < -0.39 is 0 Å². The van der Waals surface area contributed by atoms with Crippen molar-refractivity contribution in [2.24, 2.45) is 0 Å². The van der Waals surface area contributed by atoms with Crippen molar-refractivity contribution in [2.45, 2.75) is 31.7 Å². The van der Waals surface area contributed by atoms with Crippen LogP contribution in [0.2, 0.25) is 0 Å². The third kappa shape index (κ3) is 4.04. The lowest BCUT2D eigenvalue weighted by Gasteiger charge is -2.32. The summed E-state index contributed by atoms with van der Waals surface area (Å²) >= 11 is 0. The van der Waals surface area contributed by atoms with Gasteiger partial charge in [0.2, 0.25) is 0 Å². The largest absolute Gasteiger partial charge is 0.394 e. The molecule has 1 N–H and O–H groups in total. The van der Waals surface area contributed by atoms with Crippen LogP contribution in [0.1, 0.15) is 39.8 Å². The Labute approximate surface area is 168 Å². The monoisotopic (exact) mass is 371 g/mol. The summed E-state index contributed by atoms with van der Waals surface area (Å²) in [5.41, 5.74) is 6.90. The number of hydrogen-bond acceptors (Lipinski definition) is 2. The van der Waals surface area contributed by atoms with Crippen molar-refractivity contribution in [3.8, 4) is 0 Å². The molecule has 0 saturated heterocycles. The van der Waals surface area contributed by atoms with Crippen LogP contribution in [-0.4, -0.2) is 29.7 Å². The van der Waals surface area contributed by atoms with Gasteiger partial charge in [0.1, 0.15) is 0 Å². The molecule has 3 aromatic carbocycles. The first-order chi connectivity index (χ1) is 13.8. The zero-order valence-electron chi connectivity index (χ0n) is 16.6. The zero-order valence-corrected chi connectivity index (χ0v) is 16.6. The smallest absolute Gasteiger partial charge is 0.0628 e. The van der Waals surface area contributed by atoms with Crippen molar-refractivity contribution in [1.29, 1.82) is 0 Å². The molecule has 0 saturated carbocycles. The van der Waals surface area contributed by atoms with Crippen molar-refractivity contribution in [3.63, 3.8) is 0 Å². The SMILES string of the molecule is Cc1ccccc1C[C@@H]1CN([C@H](CO)c2ccccc2)CCc2ccccc21. The van der Waals surface area contributed by atoms with Crippen molar-refractivity contribution in [2.75, 3.05) is 19.7 Å². The van der Waals surface area contributed by atoms with Gasteiger partial charge in [-0.3, -0.25) is 4.90 Å². The third-order valence-corrected chi connectivity index (χ3v) is 6.14. The highest BCUT2D eigenvalue weighted by atomic mass is 16.3. The Balaban J connectivity index is 1.66. The van der Waals surface area contributed by atoms with E-state index in [0.717, 1.165) is 25.9 Å². The molecule has 0 aromatic heterocycles. The summed E-state index contributed by atoms with van der Waals surface area (Å²) in [6.45, 7) is 4.29. The molecule has 2 atom stereocenters. The molecule has 4 rings (SSSR count). The van der Waals surface area contributed by atoms with Gasteiger partial charge in [0.15, 0.2) is 0 Å². The molecule has 28 heavy (non-hydrogen) atoms. The van der Waals surface area contributed by atoms with E-state index in [0.29, 0.717) is 5.92 Å². The lowest BCUT2D eigenvalue weighted by atomic mass is 9.87. The summed E-state index contributed by atoms with van der Waals surface area (Å²) in [6.07, 6.45) is 2.07. The van der Waals surface area contributed by atoms with Crippen LogP contribution in [0.25, 0.3) is 0 Å². The normalized spacial score (nSPS) is 18.3. The first-order valence-corrected chi connectivity index (χ1v) is 10.3. The Morgan fingerprint density at radius 2 is 1.64 bits per heavy atom. The molecular weight excluding hydrogens is 342 g/mol. The summed E-state index contributed by atoms with van der Waals surface area (Å²) in [5.74, 6) is 0.428. The predicted octanol–water partition coefficient (Wildman–Crippen LogP) is 4.91. The molecule has 144 valence electrons. The van der Waals surface area contributed by atoms with Crippen LogP contribution in [-0.2, 0) is 12.8 Å². The average molecular weight is 372 g/mol. The first-order valence-electron chi connectivity index (χ1n) is 10.3. The number of aliphatic hydroxyl groups is 1. The summed E-state index contributed by atoms with van der Waals surface area (Å²) in [7, 11) is 0. The van der Waals surface area contributed by atoms with Gasteiger partial charge < -0.3 is 5.11 Å². The Hall–Kier alpha value is -2.42. The fraction of sp³-hybridized carbons (Fsp3) is 0.308. The van der Waals surface area contributed by atoms with Crippen LogP contribution < -0.4 is 0 Å². The maximum absolute atomic E-state index is 10.2. The fourth-order valence-corrected chi connectivity index (χ4v) is 4.57. The van der Waals surface area contributed by atoms with Crippen LogP contribution in [0.5, 0.6) is 0 Å². The highest BCUT2D eigenvalue weighted by Gasteiger charge is 2.28. The topological polar surface area (TPSA) is 23.5 Å². The van der Waals surface area contributed by atoms with Crippen molar-refractivity contribution >= 4 is 0 Å². The van der Waals surface area contributed by atoms with Gasteiger partial charge in [0.25, 0.3) is 0 Å². The highest BCUT2D eigenvalue weighted by Crippen LogP contribution is 2.33. The molecule has 2 nitrogen and oxygen atoms in total. The van der Waals surface area contributed by atoms with Crippen LogP contribution in [0, 0.1) is 6.92 Å². The minimum atomic E-state index is 0.0508. The molecule has 0 aliphatic carbocycles. The van der Waals surface area contributed by atoms with Gasteiger partial charge in [-0.2, -0.15) is 0 Å². The lowest BCUT2D eigenvalue weighted by molar-refractivity contribution is 0.120. The molecule has 0 fully saturated rings. The Morgan fingerprint density at radius 1 is 0.929 bits per heavy atom. The summed E-state index contributed by atoms with van der Waals surface area (Å²) in [5, 5.41) is 10.2. The maximum Gasteiger partial charge on any atom is 0.0628 e. The van der Waals surface area contributed by atoms with E-state index in [1.807, 2.05) is 6.07 Å². The summed E-state index contributed by atoms with van der Waals surface area (Å²) in [4.78, 5) is 2.48. The van der Waals surface area contributed by atoms with Gasteiger partial charge in [-0.1, -0.05) is 78.9 Å². The fourth-order valence-electron chi connectivity index (χ4n) is 4.57. The molecule has 0 amide bonds. The Kier molecular flexibility index (Phi) is 5.90.